The van der Waals surface area contributed by atoms with E-state index in [4.69, 9.17) is 9.47 Å². The van der Waals surface area contributed by atoms with E-state index >= 15 is 0 Å². The van der Waals surface area contributed by atoms with Crippen LogP contribution in [0.1, 0.15) is 42.5 Å². The molecule has 6 aromatic carbocycles. The number of rotatable bonds is 11. The molecular weight excluding hydrogens is 938 g/mol. The zero-order valence-corrected chi connectivity index (χ0v) is 39.5. The van der Waals surface area contributed by atoms with Gasteiger partial charge in [0.1, 0.15) is 34.5 Å². The Morgan fingerprint density at radius 2 is 1.16 bits per heavy atom. The lowest BCUT2D eigenvalue weighted by atomic mass is 10.1. The number of H-pyrrole nitrogens is 3. The van der Waals surface area contributed by atoms with E-state index in [1.807, 2.05) is 19.1 Å². The Labute approximate surface area is 415 Å². The first-order valence-electron chi connectivity index (χ1n) is 22.1. The maximum absolute atomic E-state index is 13.8. The van der Waals surface area contributed by atoms with E-state index < -0.39 is 23.0 Å². The average molecular weight is 984 g/mol. The highest BCUT2D eigenvalue weighted by atomic mass is 19.1. The number of aryl methyl sites for hydroxylation is 2. The Kier molecular flexibility index (Phi) is 16.3. The van der Waals surface area contributed by atoms with Crippen LogP contribution in [0, 0.1) is 19.7 Å². The molecule has 0 fully saturated rings. The second-order valence-corrected chi connectivity index (χ2v) is 15.8. The van der Waals surface area contributed by atoms with Gasteiger partial charge in [0, 0.05) is 69.0 Å². The summed E-state index contributed by atoms with van der Waals surface area (Å²) in [4.78, 5) is 81.0. The number of phenolic OH excluding ortho intramolecular Hbond substituents is 1. The van der Waals surface area contributed by atoms with Crippen molar-refractivity contribution >= 4 is 34.8 Å². The number of aromatic amines is 3. The summed E-state index contributed by atoms with van der Waals surface area (Å²) in [7, 11) is 3.11. The third-order valence-electron chi connectivity index (χ3n) is 10.5. The summed E-state index contributed by atoms with van der Waals surface area (Å²) in [5.74, 6) is -0.936. The number of imidazole rings is 1. The molecule has 0 aliphatic rings. The molecule has 9 rings (SSSR count). The Bertz CT molecular complexity index is 3600. The number of hydrogen-bond acceptors (Lipinski definition) is 11. The van der Waals surface area contributed by atoms with Gasteiger partial charge >= 0.3 is 5.69 Å². The first-order chi connectivity index (χ1) is 35.2. The molecule has 0 atom stereocenters. The van der Waals surface area contributed by atoms with Gasteiger partial charge in [0.25, 0.3) is 28.8 Å². The minimum Gasteiger partial charge on any atom is -0.507 e. The van der Waals surface area contributed by atoms with Crippen LogP contribution in [0.4, 0.5) is 21.5 Å². The van der Waals surface area contributed by atoms with Gasteiger partial charge in [-0.15, -0.1) is 0 Å². The molecule has 0 saturated carbocycles. The first kappa shape index (κ1) is 50.7. The standard InChI is InChI=1S/C18H14FN3O3.C18H17N3O3.C18H15N3O3/c1-10-8-15(24)22-17(20-10)11-4-2-5-12(9-11)21-18(25)16-13(19)6-3-7-14(16)23;1-12-11-21(18(23)19-12)15-7-4-6-14(10-15)20-17(22)13-5-3-8-16(9-13)24-2;1-24-15-7-3-5-13(11-15)18(23)19-14-6-2-4-12(10-14)16-8-9-17(22)21-20-16/h2-9,23H,1H3,(H,21,25)(H,20,22,24);3-11H,1-2H3,(H,19,23)(H,20,22);2-11H,1H3,(H,19,23)(H,21,22). The van der Waals surface area contributed by atoms with Crippen molar-refractivity contribution in [1.29, 1.82) is 0 Å². The molecule has 0 saturated heterocycles. The Morgan fingerprint density at radius 3 is 1.73 bits per heavy atom. The van der Waals surface area contributed by atoms with Crippen LogP contribution in [0.15, 0.2) is 178 Å². The van der Waals surface area contributed by atoms with Gasteiger partial charge in [-0.1, -0.05) is 48.5 Å². The molecule has 0 aliphatic heterocycles. The van der Waals surface area contributed by atoms with Gasteiger partial charge in [-0.2, -0.15) is 5.10 Å². The number of nitrogens with zero attached hydrogens (tertiary/aromatic N) is 3. The summed E-state index contributed by atoms with van der Waals surface area (Å²) in [6, 6.07) is 42.8. The molecule has 0 aliphatic carbocycles. The quantitative estimate of drug-likeness (QED) is 0.0649. The molecule has 3 heterocycles. The fourth-order valence-corrected chi connectivity index (χ4v) is 7.03. The number of amides is 3. The van der Waals surface area contributed by atoms with Crippen LogP contribution in [-0.2, 0) is 0 Å². The van der Waals surface area contributed by atoms with Crippen molar-refractivity contribution in [1.82, 2.24) is 29.7 Å². The molecule has 0 bridgehead atoms. The number of carbonyl (C=O) groups is 3. The molecule has 19 heteroatoms. The van der Waals surface area contributed by atoms with Crippen molar-refractivity contribution in [2.75, 3.05) is 30.2 Å². The number of ether oxygens (including phenoxy) is 2. The molecule has 7 N–H and O–H groups in total. The number of nitrogens with one attached hydrogen (secondary N) is 6. The van der Waals surface area contributed by atoms with Crippen molar-refractivity contribution in [2.45, 2.75) is 13.8 Å². The number of aromatic nitrogens is 6. The van der Waals surface area contributed by atoms with Crippen LogP contribution in [0.5, 0.6) is 17.2 Å². The van der Waals surface area contributed by atoms with Gasteiger partial charge in [-0.25, -0.2) is 19.3 Å². The van der Waals surface area contributed by atoms with E-state index in [0.717, 1.165) is 17.3 Å². The zero-order chi connectivity index (χ0) is 52.0. The molecule has 0 spiro atoms. The van der Waals surface area contributed by atoms with E-state index in [2.05, 4.69) is 41.1 Å². The monoisotopic (exact) mass is 983 g/mol. The molecule has 0 radical (unpaired) electrons. The molecule has 3 aromatic heterocycles. The molecule has 368 valence electrons. The fraction of sp³-hybridized carbons (Fsp3) is 0.0741. The first-order valence-corrected chi connectivity index (χ1v) is 22.1. The molecule has 18 nitrogen and oxygen atoms in total. The predicted molar refractivity (Wildman–Crippen MR) is 274 cm³/mol. The summed E-state index contributed by atoms with van der Waals surface area (Å²) in [6.45, 7) is 3.51. The Balaban J connectivity index is 0.000000160. The number of benzene rings is 6. The topological polar surface area (TPSA) is 255 Å². The number of phenols is 1. The normalized spacial score (nSPS) is 10.4. The van der Waals surface area contributed by atoms with Gasteiger partial charge in [0.05, 0.1) is 25.6 Å². The minimum atomic E-state index is -0.821. The van der Waals surface area contributed by atoms with Crippen LogP contribution in [0.25, 0.3) is 28.3 Å². The average Bonchev–Trinajstić information content (AvgIpc) is 3.73. The number of halogens is 1. The highest BCUT2D eigenvalue weighted by molar-refractivity contribution is 6.07. The smallest absolute Gasteiger partial charge is 0.330 e. The lowest BCUT2D eigenvalue weighted by Crippen LogP contribution is -2.15. The van der Waals surface area contributed by atoms with E-state index in [0.29, 0.717) is 68.2 Å². The second-order valence-electron chi connectivity index (χ2n) is 15.8. The van der Waals surface area contributed by atoms with Crippen molar-refractivity contribution < 1.29 is 33.4 Å². The zero-order valence-electron chi connectivity index (χ0n) is 39.5. The summed E-state index contributed by atoms with van der Waals surface area (Å²) in [6.07, 6.45) is 1.71. The molecule has 73 heavy (non-hydrogen) atoms. The number of anilines is 3. The maximum atomic E-state index is 13.8. The van der Waals surface area contributed by atoms with Gasteiger partial charge in [0.15, 0.2) is 0 Å². The van der Waals surface area contributed by atoms with Crippen LogP contribution < -0.4 is 42.2 Å². The van der Waals surface area contributed by atoms with Crippen LogP contribution in [-0.4, -0.2) is 66.8 Å². The number of hydrogen-bond donors (Lipinski definition) is 7. The minimum absolute atomic E-state index is 0.219. The van der Waals surface area contributed by atoms with Crippen LogP contribution in [0.2, 0.25) is 0 Å². The van der Waals surface area contributed by atoms with Crippen LogP contribution in [0.3, 0.4) is 0 Å². The fourth-order valence-electron chi connectivity index (χ4n) is 7.03. The SMILES string of the molecule is COc1cccc(C(=O)Nc2cccc(-c3ccc(=O)[nH]n3)c2)c1.COc1cccc(C(=O)Nc2cccc(-n3cc(C)[nH]c3=O)c2)c1.Cc1cc(=O)[nH]c(-c2cccc(NC(=O)c3c(O)cccc3F)c2)n1. The molecule has 0 unspecified atom stereocenters. The van der Waals surface area contributed by atoms with Crippen molar-refractivity contribution in [3.8, 4) is 45.6 Å². The molecular formula is C54H46FN9O9. The number of aromatic hydroxyl groups is 1. The lowest BCUT2D eigenvalue weighted by molar-refractivity contribution is 0.101. The third-order valence-corrected chi connectivity index (χ3v) is 10.5. The summed E-state index contributed by atoms with van der Waals surface area (Å²) < 4.78 is 25.5. The largest absolute Gasteiger partial charge is 0.507 e. The number of methoxy groups -OCH3 is 2. The lowest BCUT2D eigenvalue weighted by Gasteiger charge is -2.09. The van der Waals surface area contributed by atoms with Gasteiger partial charge < -0.3 is 40.5 Å². The van der Waals surface area contributed by atoms with E-state index in [1.165, 1.54) is 28.8 Å². The van der Waals surface area contributed by atoms with E-state index in [-0.39, 0.29) is 28.6 Å². The highest BCUT2D eigenvalue weighted by Crippen LogP contribution is 2.25. The molecule has 9 aromatic rings. The van der Waals surface area contributed by atoms with E-state index in [1.54, 1.807) is 143 Å². The van der Waals surface area contributed by atoms with Crippen LogP contribution >= 0.6 is 0 Å². The van der Waals surface area contributed by atoms with Gasteiger partial charge in [-0.3, -0.25) is 28.5 Å². The van der Waals surface area contributed by atoms with E-state index in [9.17, 15) is 38.3 Å². The van der Waals surface area contributed by atoms with Crippen molar-refractivity contribution in [3.05, 3.63) is 229 Å². The highest BCUT2D eigenvalue weighted by Gasteiger charge is 2.17. The predicted octanol–water partition coefficient (Wildman–Crippen LogP) is 8.28. The number of carbonyl (C=O) groups excluding carboxylic acids is 3. The second kappa shape index (κ2) is 23.4. The van der Waals surface area contributed by atoms with Gasteiger partial charge in [-0.05, 0) is 111 Å². The summed E-state index contributed by atoms with van der Waals surface area (Å²) >= 11 is 0. The summed E-state index contributed by atoms with van der Waals surface area (Å²) in [5, 5.41) is 24.2. The maximum Gasteiger partial charge on any atom is 0.330 e. The Morgan fingerprint density at radius 1 is 0.603 bits per heavy atom. The summed E-state index contributed by atoms with van der Waals surface area (Å²) in [5.41, 5.74) is 5.39. The van der Waals surface area contributed by atoms with Crippen molar-refractivity contribution in [3.63, 3.8) is 0 Å². The molecule has 3 amide bonds. The Hall–Kier alpha value is -10.2. The van der Waals surface area contributed by atoms with Crippen molar-refractivity contribution in [2.24, 2.45) is 0 Å². The van der Waals surface area contributed by atoms with Gasteiger partial charge in [0.2, 0.25) is 0 Å². The third kappa shape index (κ3) is 13.5.